The highest BCUT2D eigenvalue weighted by atomic mass is 32.2. The highest BCUT2D eigenvalue weighted by molar-refractivity contribution is 7.89. The Morgan fingerprint density at radius 2 is 1.59 bits per heavy atom. The predicted molar refractivity (Wildman–Crippen MR) is 121 cm³/mol. The molecular weight excluding hydrogens is 472 g/mol. The molecule has 4 rings (SSSR count). The normalized spacial score (nSPS) is 17.0. The molecule has 2 heterocycles. The standard InChI is InChI=1S/C21H22N2O6S3/c1-28-18-12-14-9-10-23(21(20-4-3-11-30-20)17(14)13-19(18)29-2)32(26,27)16-7-5-15(6-8-16)31(22,24)25/h3-8,11-13,21H,9-10H2,1-2H3,(H2,22,24,25). The van der Waals surface area contributed by atoms with Gasteiger partial charge >= 0.3 is 0 Å². The van der Waals surface area contributed by atoms with Gasteiger partial charge in [0.1, 0.15) is 0 Å². The molecule has 0 radical (unpaired) electrons. The molecule has 0 aliphatic carbocycles. The molecule has 1 aliphatic rings. The lowest BCUT2D eigenvalue weighted by atomic mass is 9.92. The number of nitrogens with two attached hydrogens (primary N) is 1. The van der Waals surface area contributed by atoms with Crippen LogP contribution >= 0.6 is 11.3 Å². The number of rotatable bonds is 6. The number of thiophene rings is 1. The third kappa shape index (κ3) is 4.02. The lowest BCUT2D eigenvalue weighted by Crippen LogP contribution is -2.40. The van der Waals surface area contributed by atoms with Gasteiger partial charge in [-0.1, -0.05) is 6.07 Å². The first-order chi connectivity index (χ1) is 15.2. The molecule has 170 valence electrons. The van der Waals surface area contributed by atoms with E-state index in [1.54, 1.807) is 7.11 Å². The molecule has 8 nitrogen and oxygen atoms in total. The molecule has 0 saturated carbocycles. The van der Waals surface area contributed by atoms with Crippen LogP contribution in [0.5, 0.6) is 11.5 Å². The number of methoxy groups -OCH3 is 2. The minimum Gasteiger partial charge on any atom is -0.493 e. The quantitative estimate of drug-likeness (QED) is 0.563. The van der Waals surface area contributed by atoms with Crippen LogP contribution in [0, 0.1) is 0 Å². The number of fused-ring (bicyclic) bond motifs is 1. The van der Waals surface area contributed by atoms with Crippen molar-refractivity contribution in [3.63, 3.8) is 0 Å². The maximum Gasteiger partial charge on any atom is 0.243 e. The van der Waals surface area contributed by atoms with Gasteiger partial charge in [0, 0.05) is 11.4 Å². The summed E-state index contributed by atoms with van der Waals surface area (Å²) in [6.45, 7) is 0.254. The average Bonchev–Trinajstić information content (AvgIpc) is 3.31. The third-order valence-corrected chi connectivity index (χ3v) is 9.13. The number of hydrogen-bond acceptors (Lipinski definition) is 7. The summed E-state index contributed by atoms with van der Waals surface area (Å²) in [6, 6.07) is 11.9. The molecule has 1 unspecified atom stereocenters. The fourth-order valence-corrected chi connectivity index (χ4v) is 6.88. The Morgan fingerprint density at radius 3 is 2.16 bits per heavy atom. The summed E-state index contributed by atoms with van der Waals surface area (Å²) in [5, 5.41) is 7.04. The van der Waals surface area contributed by atoms with E-state index < -0.39 is 26.1 Å². The number of primary sulfonamides is 1. The number of hydrogen-bond donors (Lipinski definition) is 1. The molecule has 2 aromatic carbocycles. The summed E-state index contributed by atoms with van der Waals surface area (Å²) < 4.78 is 62.7. The van der Waals surface area contributed by atoms with Crippen LogP contribution in [0.4, 0.5) is 0 Å². The van der Waals surface area contributed by atoms with Gasteiger partial charge in [-0.25, -0.2) is 22.0 Å². The summed E-state index contributed by atoms with van der Waals surface area (Å²) in [5.41, 5.74) is 1.80. The van der Waals surface area contributed by atoms with Crippen molar-refractivity contribution in [3.05, 3.63) is 69.9 Å². The van der Waals surface area contributed by atoms with Crippen molar-refractivity contribution in [1.82, 2.24) is 4.31 Å². The first kappa shape index (κ1) is 22.7. The van der Waals surface area contributed by atoms with Crippen molar-refractivity contribution in [2.75, 3.05) is 20.8 Å². The van der Waals surface area contributed by atoms with Gasteiger partial charge in [-0.05, 0) is 65.4 Å². The summed E-state index contributed by atoms with van der Waals surface area (Å²) in [6.07, 6.45) is 0.492. The molecule has 3 aromatic rings. The van der Waals surface area contributed by atoms with Gasteiger partial charge in [0.05, 0.1) is 30.1 Å². The molecule has 0 saturated heterocycles. The number of nitrogens with zero attached hydrogens (tertiary/aromatic N) is 1. The number of benzene rings is 2. The first-order valence-corrected chi connectivity index (χ1v) is 13.5. The largest absolute Gasteiger partial charge is 0.493 e. The highest BCUT2D eigenvalue weighted by Crippen LogP contribution is 2.44. The minimum atomic E-state index is -3.95. The molecular formula is C21H22N2O6S3. The Morgan fingerprint density at radius 1 is 0.969 bits per heavy atom. The van der Waals surface area contributed by atoms with E-state index >= 15 is 0 Å². The van der Waals surface area contributed by atoms with E-state index in [1.807, 2.05) is 29.6 Å². The summed E-state index contributed by atoms with van der Waals surface area (Å²) in [4.78, 5) is 0.713. The van der Waals surface area contributed by atoms with Gasteiger partial charge in [0.25, 0.3) is 0 Å². The van der Waals surface area contributed by atoms with Crippen LogP contribution in [0.3, 0.4) is 0 Å². The number of sulfonamides is 2. The van der Waals surface area contributed by atoms with Gasteiger partial charge in [-0.15, -0.1) is 11.3 Å². The summed E-state index contributed by atoms with van der Waals surface area (Å²) >= 11 is 1.46. The second kappa shape index (κ2) is 8.49. The molecule has 1 aromatic heterocycles. The maximum absolute atomic E-state index is 13.6. The Bertz CT molecular complexity index is 1330. The molecule has 0 fully saturated rings. The van der Waals surface area contributed by atoms with E-state index in [0.29, 0.717) is 17.9 Å². The fraction of sp³-hybridized carbons (Fsp3) is 0.238. The van der Waals surface area contributed by atoms with E-state index in [0.717, 1.165) is 16.0 Å². The van der Waals surface area contributed by atoms with Crippen molar-refractivity contribution in [1.29, 1.82) is 0 Å². The first-order valence-electron chi connectivity index (χ1n) is 9.59. The van der Waals surface area contributed by atoms with Gasteiger partial charge in [0.2, 0.25) is 20.0 Å². The zero-order valence-corrected chi connectivity index (χ0v) is 19.8. The third-order valence-electron chi connectivity index (χ3n) is 5.40. The molecule has 0 bridgehead atoms. The van der Waals surface area contributed by atoms with Crippen LogP contribution in [-0.2, 0) is 26.5 Å². The summed E-state index contributed by atoms with van der Waals surface area (Å²) in [7, 11) is -4.77. The molecule has 0 spiro atoms. The van der Waals surface area contributed by atoms with Crippen molar-refractivity contribution in [2.45, 2.75) is 22.3 Å². The van der Waals surface area contributed by atoms with Crippen molar-refractivity contribution >= 4 is 31.4 Å². The SMILES string of the molecule is COc1cc2c(cc1OC)C(c1cccs1)N(S(=O)(=O)c1ccc(S(N)(=O)=O)cc1)CC2. The fourth-order valence-electron chi connectivity index (χ4n) is 3.86. The van der Waals surface area contributed by atoms with E-state index in [1.165, 1.54) is 47.0 Å². The Hall–Kier alpha value is -2.44. The molecule has 0 amide bonds. The molecule has 11 heteroatoms. The Balaban J connectivity index is 1.84. The topological polar surface area (TPSA) is 116 Å². The van der Waals surface area contributed by atoms with Crippen LogP contribution < -0.4 is 14.6 Å². The summed E-state index contributed by atoms with van der Waals surface area (Å²) in [5.74, 6) is 1.11. The lowest BCUT2D eigenvalue weighted by molar-refractivity contribution is 0.334. The van der Waals surface area contributed by atoms with Crippen LogP contribution in [0.2, 0.25) is 0 Å². The van der Waals surface area contributed by atoms with Gasteiger partial charge in [-0.3, -0.25) is 0 Å². The Labute approximate surface area is 191 Å². The maximum atomic E-state index is 13.6. The molecule has 32 heavy (non-hydrogen) atoms. The molecule has 1 atom stereocenters. The van der Waals surface area contributed by atoms with Gasteiger partial charge in [-0.2, -0.15) is 4.31 Å². The van der Waals surface area contributed by atoms with Crippen molar-refractivity contribution < 1.29 is 26.3 Å². The average molecular weight is 495 g/mol. The van der Waals surface area contributed by atoms with Crippen molar-refractivity contribution in [3.8, 4) is 11.5 Å². The number of ether oxygens (including phenoxy) is 2. The second-order valence-corrected chi connectivity index (χ2v) is 11.6. The van der Waals surface area contributed by atoms with Gasteiger partial charge < -0.3 is 9.47 Å². The molecule has 1 aliphatic heterocycles. The predicted octanol–water partition coefficient (Wildman–Crippen LogP) is 2.75. The van der Waals surface area contributed by atoms with Crippen molar-refractivity contribution in [2.24, 2.45) is 5.14 Å². The van der Waals surface area contributed by atoms with Crippen LogP contribution in [-0.4, -0.2) is 41.9 Å². The second-order valence-electron chi connectivity index (χ2n) is 7.21. The monoisotopic (exact) mass is 494 g/mol. The zero-order chi connectivity index (χ0) is 23.1. The van der Waals surface area contributed by atoms with Crippen LogP contribution in [0.1, 0.15) is 22.0 Å². The Kier molecular flexibility index (Phi) is 6.03. The smallest absolute Gasteiger partial charge is 0.243 e. The van der Waals surface area contributed by atoms with E-state index in [9.17, 15) is 16.8 Å². The minimum absolute atomic E-state index is 0.00428. The highest BCUT2D eigenvalue weighted by Gasteiger charge is 2.38. The van der Waals surface area contributed by atoms with Crippen LogP contribution in [0.25, 0.3) is 0 Å². The molecule has 2 N–H and O–H groups in total. The van der Waals surface area contributed by atoms with E-state index in [2.05, 4.69) is 0 Å². The lowest BCUT2D eigenvalue weighted by Gasteiger charge is -2.36. The van der Waals surface area contributed by atoms with Gasteiger partial charge in [0.15, 0.2) is 11.5 Å². The van der Waals surface area contributed by atoms with E-state index in [-0.39, 0.29) is 16.3 Å². The van der Waals surface area contributed by atoms with E-state index in [4.69, 9.17) is 14.6 Å². The zero-order valence-electron chi connectivity index (χ0n) is 17.4. The van der Waals surface area contributed by atoms with Crippen LogP contribution in [0.15, 0.2) is 63.7 Å².